The summed E-state index contributed by atoms with van der Waals surface area (Å²) < 4.78 is 0. The van der Waals surface area contributed by atoms with Crippen LogP contribution in [0.15, 0.2) is 12.7 Å². The van der Waals surface area contributed by atoms with Crippen LogP contribution >= 0.6 is 12.4 Å². The summed E-state index contributed by atoms with van der Waals surface area (Å²) in [5.74, 6) is -0.370. The highest BCUT2D eigenvalue weighted by Crippen LogP contribution is 2.23. The molecule has 0 aromatic rings. The number of unbranched alkanes of at least 4 members (excludes halogenated alkanes) is 12. The highest BCUT2D eigenvalue weighted by Gasteiger charge is 2.27. The molecule has 0 amide bonds. The van der Waals surface area contributed by atoms with Crippen molar-refractivity contribution in [2.45, 2.75) is 123 Å². The Labute approximate surface area is 175 Å². The van der Waals surface area contributed by atoms with Crippen molar-refractivity contribution < 1.29 is 9.63 Å². The van der Waals surface area contributed by atoms with Gasteiger partial charge in [-0.3, -0.25) is 0 Å². The highest BCUT2D eigenvalue weighted by molar-refractivity contribution is 5.85. The molecule has 0 unspecified atom stereocenters. The molecule has 0 rings (SSSR count). The molecule has 0 spiro atoms. The molecular formula is C23H46ClNO2. The summed E-state index contributed by atoms with van der Waals surface area (Å²) in [5, 5.41) is 1.79. The fourth-order valence-electron chi connectivity index (χ4n) is 3.46. The predicted molar refractivity (Wildman–Crippen MR) is 120 cm³/mol. The molecule has 27 heavy (non-hydrogen) atoms. The van der Waals surface area contributed by atoms with Gasteiger partial charge in [0.1, 0.15) is 0 Å². The average Bonchev–Trinajstić information content (AvgIpc) is 2.63. The lowest BCUT2D eigenvalue weighted by Crippen LogP contribution is -2.44. The van der Waals surface area contributed by atoms with Crippen LogP contribution < -0.4 is 0 Å². The molecule has 0 saturated carbocycles. The first-order chi connectivity index (χ1) is 12.5. The maximum Gasteiger partial charge on any atom is 0.349 e. The number of rotatable bonds is 18. The summed E-state index contributed by atoms with van der Waals surface area (Å²) >= 11 is 0. The van der Waals surface area contributed by atoms with E-state index in [1.54, 1.807) is 5.06 Å². The van der Waals surface area contributed by atoms with E-state index in [-0.39, 0.29) is 23.9 Å². The van der Waals surface area contributed by atoms with Gasteiger partial charge in [0.2, 0.25) is 0 Å². The molecular weight excluding hydrogens is 358 g/mol. The topological polar surface area (TPSA) is 29.5 Å². The zero-order valence-electron chi connectivity index (χ0n) is 18.6. The van der Waals surface area contributed by atoms with E-state index in [4.69, 9.17) is 4.84 Å². The van der Waals surface area contributed by atoms with E-state index in [1.807, 2.05) is 6.92 Å². The van der Waals surface area contributed by atoms with Gasteiger partial charge in [0.15, 0.2) is 0 Å². The maximum absolute atomic E-state index is 11.4. The summed E-state index contributed by atoms with van der Waals surface area (Å²) in [6, 6.07) is 0. The Bertz CT molecular complexity index is 358. The Morgan fingerprint density at radius 3 is 1.63 bits per heavy atom. The molecule has 0 atom stereocenters. The molecule has 0 aliphatic heterocycles. The van der Waals surface area contributed by atoms with E-state index in [0.717, 1.165) is 6.42 Å². The summed E-state index contributed by atoms with van der Waals surface area (Å²) in [7, 11) is 0. The molecule has 0 saturated heterocycles. The van der Waals surface area contributed by atoms with Gasteiger partial charge in [-0.2, -0.15) is 0 Å². The Morgan fingerprint density at radius 2 is 1.26 bits per heavy atom. The minimum Gasteiger partial charge on any atom is -0.364 e. The molecule has 0 fully saturated rings. The van der Waals surface area contributed by atoms with Crippen LogP contribution in [0.25, 0.3) is 0 Å². The van der Waals surface area contributed by atoms with Crippen LogP contribution in [0, 0.1) is 0 Å². The molecule has 0 bridgehead atoms. The van der Waals surface area contributed by atoms with Gasteiger partial charge in [0, 0.05) is 12.6 Å². The van der Waals surface area contributed by atoms with E-state index < -0.39 is 0 Å². The van der Waals surface area contributed by atoms with Crippen LogP contribution in [0.2, 0.25) is 0 Å². The number of hydrogen-bond acceptors (Lipinski definition) is 3. The molecule has 0 N–H and O–H groups in total. The second-order valence-electron chi connectivity index (χ2n) is 8.11. The lowest BCUT2D eigenvalue weighted by atomic mass is 9.95. The van der Waals surface area contributed by atoms with Crippen LogP contribution in [-0.4, -0.2) is 23.1 Å². The fraction of sp³-hybridized carbons (Fsp3) is 0.870. The summed E-state index contributed by atoms with van der Waals surface area (Å²) in [6.45, 7) is 12.8. The van der Waals surface area contributed by atoms with Crippen molar-refractivity contribution in [2.24, 2.45) is 0 Å². The van der Waals surface area contributed by atoms with Crippen molar-refractivity contribution in [1.29, 1.82) is 0 Å². The lowest BCUT2D eigenvalue weighted by Gasteiger charge is -2.35. The third-order valence-electron chi connectivity index (χ3n) is 5.22. The minimum atomic E-state index is -0.370. The van der Waals surface area contributed by atoms with Crippen molar-refractivity contribution in [3.63, 3.8) is 0 Å². The van der Waals surface area contributed by atoms with Gasteiger partial charge in [0.25, 0.3) is 0 Å². The van der Waals surface area contributed by atoms with Gasteiger partial charge in [-0.1, -0.05) is 97.0 Å². The summed E-state index contributed by atoms with van der Waals surface area (Å²) in [5.41, 5.74) is -0.120. The Morgan fingerprint density at radius 1 is 0.852 bits per heavy atom. The number of carbonyl (C=O) groups is 1. The van der Waals surface area contributed by atoms with Crippen LogP contribution in [0.5, 0.6) is 0 Å². The predicted octanol–water partition coefficient (Wildman–Crippen LogP) is 7.63. The van der Waals surface area contributed by atoms with Crippen molar-refractivity contribution >= 4 is 18.4 Å². The smallest absolute Gasteiger partial charge is 0.349 e. The van der Waals surface area contributed by atoms with Gasteiger partial charge in [0.05, 0.1) is 5.54 Å². The third-order valence-corrected chi connectivity index (χ3v) is 5.22. The monoisotopic (exact) mass is 403 g/mol. The zero-order valence-corrected chi connectivity index (χ0v) is 19.4. The molecule has 0 radical (unpaired) electrons. The first-order valence-electron chi connectivity index (χ1n) is 11.1. The molecule has 4 heteroatoms. The van der Waals surface area contributed by atoms with Crippen molar-refractivity contribution in [1.82, 2.24) is 5.06 Å². The summed E-state index contributed by atoms with van der Waals surface area (Å²) in [6.07, 6.45) is 20.1. The first kappa shape index (κ1) is 28.7. The van der Waals surface area contributed by atoms with Crippen LogP contribution in [0.3, 0.4) is 0 Å². The van der Waals surface area contributed by atoms with Crippen molar-refractivity contribution in [2.75, 3.05) is 6.54 Å². The largest absolute Gasteiger partial charge is 0.364 e. The Balaban J connectivity index is 0. The number of hydrogen-bond donors (Lipinski definition) is 0. The van der Waals surface area contributed by atoms with Gasteiger partial charge >= 0.3 is 5.97 Å². The standard InChI is InChI=1S/C23H45NO2.ClH/c1-6-9-10-11-12-13-14-15-16-17-18-19-20-21-23(4,5)24(8-3)26-22(25)7-2;/h7H,2,6,8-21H2,1,3-5H3;1H. The van der Waals surface area contributed by atoms with Gasteiger partial charge < -0.3 is 4.84 Å². The van der Waals surface area contributed by atoms with Crippen LogP contribution in [0.1, 0.15) is 118 Å². The minimum absolute atomic E-state index is 0. The number of halogens is 1. The fourth-order valence-corrected chi connectivity index (χ4v) is 3.46. The van der Waals surface area contributed by atoms with E-state index in [1.165, 1.54) is 89.5 Å². The lowest BCUT2D eigenvalue weighted by molar-refractivity contribution is -0.211. The summed E-state index contributed by atoms with van der Waals surface area (Å²) in [4.78, 5) is 16.8. The quantitative estimate of drug-likeness (QED) is 0.134. The maximum atomic E-state index is 11.4. The van der Waals surface area contributed by atoms with Gasteiger partial charge in [-0.25, -0.2) is 4.79 Å². The molecule has 0 aromatic heterocycles. The number of hydroxylamine groups is 2. The number of nitrogens with zero attached hydrogens (tertiary/aromatic N) is 1. The van der Waals surface area contributed by atoms with Gasteiger partial charge in [-0.05, 0) is 27.2 Å². The number of carbonyl (C=O) groups excluding carboxylic acids is 1. The van der Waals surface area contributed by atoms with E-state index in [2.05, 4.69) is 27.4 Å². The van der Waals surface area contributed by atoms with Crippen molar-refractivity contribution in [3.8, 4) is 0 Å². The first-order valence-corrected chi connectivity index (χ1v) is 11.1. The molecule has 0 aromatic carbocycles. The second kappa shape index (κ2) is 18.8. The van der Waals surface area contributed by atoms with E-state index >= 15 is 0 Å². The average molecular weight is 404 g/mol. The molecule has 162 valence electrons. The van der Waals surface area contributed by atoms with Crippen LogP contribution in [-0.2, 0) is 9.63 Å². The molecule has 0 heterocycles. The Kier molecular flexibility index (Phi) is 20.0. The second-order valence-corrected chi connectivity index (χ2v) is 8.11. The molecule has 3 nitrogen and oxygen atoms in total. The van der Waals surface area contributed by atoms with Gasteiger partial charge in [-0.15, -0.1) is 17.5 Å². The van der Waals surface area contributed by atoms with Crippen molar-refractivity contribution in [3.05, 3.63) is 12.7 Å². The third kappa shape index (κ3) is 16.1. The van der Waals surface area contributed by atoms with E-state index in [9.17, 15) is 4.79 Å². The Hall–Kier alpha value is -0.540. The zero-order chi connectivity index (χ0) is 19.7. The normalized spacial score (nSPS) is 11.3. The molecule has 0 aliphatic rings. The highest BCUT2D eigenvalue weighted by atomic mass is 35.5. The van der Waals surface area contributed by atoms with E-state index in [0.29, 0.717) is 6.54 Å². The molecule has 0 aliphatic carbocycles. The SMILES string of the molecule is C=CC(=O)ON(CC)C(C)(C)CCCCCCCCCCCCCCC.Cl. The van der Waals surface area contributed by atoms with Crippen LogP contribution in [0.4, 0.5) is 0 Å².